The lowest BCUT2D eigenvalue weighted by Crippen LogP contribution is -2.63. The number of fused-ring (bicyclic) bond motifs is 11. The van der Waals surface area contributed by atoms with E-state index in [-0.39, 0.29) is 30.1 Å². The van der Waals surface area contributed by atoms with Crippen molar-refractivity contribution in [2.45, 2.75) is 80.1 Å². The minimum Gasteiger partial charge on any atom is -0.458 e. The van der Waals surface area contributed by atoms with Crippen LogP contribution in [0, 0.1) is 33.5 Å². The van der Waals surface area contributed by atoms with E-state index in [1.807, 2.05) is 47.8 Å². The molecule has 0 aliphatic carbocycles. The summed E-state index contributed by atoms with van der Waals surface area (Å²) in [5.41, 5.74) is 25.3. The second-order valence-corrected chi connectivity index (χ2v) is 24.0. The van der Waals surface area contributed by atoms with E-state index in [1.54, 1.807) is 12.1 Å². The third kappa shape index (κ3) is 6.35. The highest BCUT2D eigenvalue weighted by molar-refractivity contribution is 7.33. The van der Waals surface area contributed by atoms with Crippen LogP contribution < -0.4 is 67.8 Å². The van der Waals surface area contributed by atoms with Crippen LogP contribution in [0.15, 0.2) is 103 Å². The van der Waals surface area contributed by atoms with Crippen LogP contribution in [0.5, 0.6) is 23.0 Å². The van der Waals surface area contributed by atoms with Crippen LogP contribution in [0.2, 0.25) is 0 Å². The third-order valence-electron chi connectivity index (χ3n) is 15.1. The minimum atomic E-state index is -0.280. The van der Waals surface area contributed by atoms with Gasteiger partial charge in [0.2, 0.25) is 7.28 Å². The first-order chi connectivity index (χ1) is 32.9. The second-order valence-electron chi connectivity index (χ2n) is 21.8. The Morgan fingerprint density at radius 2 is 1.30 bits per heavy atom. The van der Waals surface area contributed by atoms with Crippen LogP contribution >= 0.6 is 22.7 Å². The highest BCUT2D eigenvalue weighted by Gasteiger charge is 2.47. The summed E-state index contributed by atoms with van der Waals surface area (Å²) in [6, 6.07) is 36.6. The van der Waals surface area contributed by atoms with Crippen molar-refractivity contribution >= 4 is 140 Å². The number of aryl methyl sites for hydroxylation is 4. The van der Waals surface area contributed by atoms with E-state index in [0.29, 0.717) is 28.6 Å². The summed E-state index contributed by atoms with van der Waals surface area (Å²) in [6.07, 6.45) is 0. The van der Waals surface area contributed by atoms with Crippen LogP contribution in [-0.2, 0) is 10.8 Å². The fourth-order valence-electron chi connectivity index (χ4n) is 11.4. The molecule has 0 saturated carbocycles. The number of hydrogen-bond donors (Lipinski definition) is 2. The molecule has 0 spiro atoms. The SMILES string of the molecule is Cc1cc2c3c(c1)N(c1c(C)cccc1F)c1cc4c(cc1B3c1sc3ccc(C(C)(C)C)cc3c1N2)B1c2cc([B]c3sc5ccc(C(C)(C)C)cc5c3C)c(C)cc2Oc2cc(N)cc(c21)O4. The van der Waals surface area contributed by atoms with Crippen molar-refractivity contribution in [2.24, 2.45) is 0 Å². The monoisotopic (exact) mass is 936 g/mol. The molecule has 4 aliphatic rings. The van der Waals surface area contributed by atoms with Gasteiger partial charge in [0.05, 0.1) is 11.4 Å². The minimum absolute atomic E-state index is 0.0171. The van der Waals surface area contributed by atoms with Crippen molar-refractivity contribution in [1.82, 2.24) is 0 Å². The fourth-order valence-corrected chi connectivity index (χ4v) is 13.8. The topological polar surface area (TPSA) is 59.8 Å². The molecule has 11 heteroatoms. The molecule has 2 aromatic heterocycles. The van der Waals surface area contributed by atoms with Crippen molar-refractivity contribution in [3.05, 3.63) is 142 Å². The predicted molar refractivity (Wildman–Crippen MR) is 296 cm³/mol. The molecule has 0 unspecified atom stereocenters. The molecule has 9 aromatic rings. The van der Waals surface area contributed by atoms with E-state index in [1.165, 1.54) is 46.4 Å². The number of para-hydroxylation sites is 1. The van der Waals surface area contributed by atoms with Crippen LogP contribution in [0.25, 0.3) is 20.2 Å². The number of anilines is 6. The first-order valence-electron chi connectivity index (χ1n) is 23.9. The number of benzene rings is 7. The first-order valence-corrected chi connectivity index (χ1v) is 25.6. The Bertz CT molecular complexity index is 3750. The number of nitrogens with two attached hydrogens (primary N) is 1. The van der Waals surface area contributed by atoms with Gasteiger partial charge in [-0.2, -0.15) is 11.3 Å². The van der Waals surface area contributed by atoms with Gasteiger partial charge in [-0.15, -0.1) is 11.3 Å². The average Bonchev–Trinajstić information content (AvgIpc) is 3.81. The van der Waals surface area contributed by atoms with Gasteiger partial charge >= 0.3 is 0 Å². The summed E-state index contributed by atoms with van der Waals surface area (Å²) in [5.74, 6) is 2.61. The Balaban J connectivity index is 1.05. The van der Waals surface area contributed by atoms with E-state index in [9.17, 15) is 0 Å². The molecule has 0 atom stereocenters. The Kier molecular flexibility index (Phi) is 9.01. The Morgan fingerprint density at radius 3 is 2.00 bits per heavy atom. The van der Waals surface area contributed by atoms with Crippen molar-refractivity contribution in [3.63, 3.8) is 0 Å². The number of ether oxygens (including phenoxy) is 2. The lowest BCUT2D eigenvalue weighted by molar-refractivity contribution is 0.465. The molecule has 13 rings (SSSR count). The number of hydrogen-bond acceptors (Lipinski definition) is 7. The standard InChI is InChI=1S/C58H50B3FN3O2S2/c1-28-18-42-51-44(19-28)65(54-29(2)12-11-13-41(54)62)43-27-46-40(26-38(43)61(51)56-53(64-42)36-22-33(58(8,9)10)15-17-50(36)69-56)60-39-25-37(30(3)20-45(39)66-47-23-34(63)24-48(67-46)52(47)60)59-55-31(4)35-21-32(57(5,6)7)14-16-49(35)68-55/h11-27,64H,63H2,1-10H3. The number of nitrogen functional groups attached to an aromatic ring is 1. The smallest absolute Gasteiger partial charge is 0.264 e. The second kappa shape index (κ2) is 14.6. The number of halogens is 1. The summed E-state index contributed by atoms with van der Waals surface area (Å²) in [5, 5.41) is 6.51. The molecular weight excluding hydrogens is 886 g/mol. The molecule has 0 saturated heterocycles. The number of nitrogens with one attached hydrogen (secondary N) is 1. The largest absolute Gasteiger partial charge is 0.458 e. The fraction of sp³-hybridized carbons (Fsp3) is 0.207. The third-order valence-corrected chi connectivity index (χ3v) is 17.5. The van der Waals surface area contributed by atoms with Gasteiger partial charge < -0.3 is 25.4 Å². The van der Waals surface area contributed by atoms with Crippen molar-refractivity contribution < 1.29 is 13.9 Å². The zero-order chi connectivity index (χ0) is 47.7. The molecule has 0 fully saturated rings. The first kappa shape index (κ1) is 42.7. The van der Waals surface area contributed by atoms with Crippen LogP contribution in [0.4, 0.5) is 38.5 Å². The zero-order valence-electron chi connectivity index (χ0n) is 40.6. The van der Waals surface area contributed by atoms with Gasteiger partial charge in [0.25, 0.3) is 13.4 Å². The van der Waals surface area contributed by atoms with Gasteiger partial charge in [-0.05, 0) is 147 Å². The maximum absolute atomic E-state index is 16.7. The molecule has 1 radical (unpaired) electrons. The van der Waals surface area contributed by atoms with Crippen LogP contribution in [0.1, 0.15) is 74.9 Å². The molecule has 69 heavy (non-hydrogen) atoms. The van der Waals surface area contributed by atoms with Crippen molar-refractivity contribution in [2.75, 3.05) is 16.0 Å². The van der Waals surface area contributed by atoms with E-state index < -0.39 is 0 Å². The molecule has 7 aromatic carbocycles. The zero-order valence-corrected chi connectivity index (χ0v) is 42.2. The average molecular weight is 937 g/mol. The van der Waals surface area contributed by atoms with Crippen molar-refractivity contribution in [1.29, 1.82) is 0 Å². The summed E-state index contributed by atoms with van der Waals surface area (Å²) < 4.78 is 35.6. The molecule has 0 bridgehead atoms. The molecule has 3 N–H and O–H groups in total. The molecule has 0 amide bonds. The van der Waals surface area contributed by atoms with E-state index >= 15 is 4.39 Å². The van der Waals surface area contributed by atoms with E-state index in [0.717, 1.165) is 78.0 Å². The predicted octanol–water partition coefficient (Wildman–Crippen LogP) is 10.4. The maximum atomic E-state index is 16.7. The molecule has 4 aliphatic heterocycles. The van der Waals surface area contributed by atoms with Crippen LogP contribution in [-0.4, -0.2) is 20.7 Å². The van der Waals surface area contributed by atoms with Crippen molar-refractivity contribution in [3.8, 4) is 23.0 Å². The summed E-state index contributed by atoms with van der Waals surface area (Å²) in [7, 11) is 2.36. The number of nitrogens with zero attached hydrogens (tertiary/aromatic N) is 1. The van der Waals surface area contributed by atoms with Gasteiger partial charge in [0.1, 0.15) is 28.8 Å². The van der Waals surface area contributed by atoms with Gasteiger partial charge in [-0.25, -0.2) is 4.39 Å². The highest BCUT2D eigenvalue weighted by Crippen LogP contribution is 2.47. The summed E-state index contributed by atoms with van der Waals surface area (Å²) in [4.78, 5) is 2.15. The van der Waals surface area contributed by atoms with E-state index in [2.05, 4.69) is 153 Å². The normalized spacial score (nSPS) is 14.0. The lowest BCUT2D eigenvalue weighted by Gasteiger charge is -2.42. The Morgan fingerprint density at radius 1 is 0.638 bits per heavy atom. The highest BCUT2D eigenvalue weighted by atomic mass is 32.1. The summed E-state index contributed by atoms with van der Waals surface area (Å²) >= 11 is 3.70. The van der Waals surface area contributed by atoms with Gasteiger partial charge in [-0.3, -0.25) is 0 Å². The molecule has 6 heterocycles. The molecule has 5 nitrogen and oxygen atoms in total. The number of rotatable bonds is 3. The molecule has 337 valence electrons. The Labute approximate surface area is 412 Å². The quantitative estimate of drug-likeness (QED) is 0.137. The van der Waals surface area contributed by atoms with Gasteiger partial charge in [0, 0.05) is 66.0 Å². The molecular formula is C58H50B3FN3O2S2. The summed E-state index contributed by atoms with van der Waals surface area (Å²) in [6.45, 7) is 21.8. The Hall–Kier alpha value is -6.42. The van der Waals surface area contributed by atoms with E-state index in [4.69, 9.17) is 15.2 Å². The van der Waals surface area contributed by atoms with Gasteiger partial charge in [-0.1, -0.05) is 89.0 Å². The lowest BCUT2D eigenvalue weighted by atomic mass is 9.32. The van der Waals surface area contributed by atoms with Gasteiger partial charge in [0.15, 0.2) is 0 Å². The number of thiophene rings is 2. The maximum Gasteiger partial charge on any atom is 0.264 e. The van der Waals surface area contributed by atoms with Crippen LogP contribution in [0.3, 0.4) is 0 Å².